The Bertz CT molecular complexity index is 798. The van der Waals surface area contributed by atoms with Gasteiger partial charge in [-0.15, -0.1) is 11.3 Å². The van der Waals surface area contributed by atoms with E-state index in [0.717, 1.165) is 54.7 Å². The minimum absolute atomic E-state index is 0.447. The number of hydrogen-bond acceptors (Lipinski definition) is 5. The van der Waals surface area contributed by atoms with Gasteiger partial charge in [-0.3, -0.25) is 4.40 Å². The molecule has 7 heteroatoms. The molecule has 4 heterocycles. The van der Waals surface area contributed by atoms with E-state index in [1.54, 1.807) is 11.3 Å². The molecular weight excluding hydrogens is 296 g/mol. The van der Waals surface area contributed by atoms with E-state index in [0.29, 0.717) is 6.04 Å². The van der Waals surface area contributed by atoms with Crippen molar-refractivity contribution in [3.05, 3.63) is 34.6 Å². The molecule has 0 amide bonds. The number of aromatic nitrogens is 5. The number of aryl methyl sites for hydroxylation is 3. The Kier molecular flexibility index (Phi) is 3.46. The van der Waals surface area contributed by atoms with Gasteiger partial charge in [0.25, 0.3) is 0 Å². The summed E-state index contributed by atoms with van der Waals surface area (Å²) in [5, 5.41) is 10.3. The first-order chi connectivity index (χ1) is 10.7. The Hall–Kier alpha value is -1.73. The summed E-state index contributed by atoms with van der Waals surface area (Å²) in [5.41, 5.74) is 2.37. The first kappa shape index (κ1) is 13.9. The lowest BCUT2D eigenvalue weighted by Crippen LogP contribution is -2.37. The third kappa shape index (κ3) is 2.34. The summed E-state index contributed by atoms with van der Waals surface area (Å²) < 4.78 is 4.26. The number of fused-ring (bicyclic) bond motifs is 2. The van der Waals surface area contributed by atoms with Gasteiger partial charge in [-0.1, -0.05) is 6.92 Å². The van der Waals surface area contributed by atoms with Crippen LogP contribution in [0, 0.1) is 6.92 Å². The molecule has 116 valence electrons. The van der Waals surface area contributed by atoms with Crippen molar-refractivity contribution in [3.63, 3.8) is 0 Å². The highest BCUT2D eigenvalue weighted by atomic mass is 32.1. The molecule has 0 fully saturated rings. The van der Waals surface area contributed by atoms with Crippen molar-refractivity contribution in [1.29, 1.82) is 0 Å². The number of imidazole rings is 1. The summed E-state index contributed by atoms with van der Waals surface area (Å²) in [6.07, 6.45) is 5.13. The van der Waals surface area contributed by atoms with Gasteiger partial charge < -0.3 is 5.32 Å². The summed E-state index contributed by atoms with van der Waals surface area (Å²) in [6.45, 7) is 5.94. The van der Waals surface area contributed by atoms with Crippen LogP contribution in [0.3, 0.4) is 0 Å². The van der Waals surface area contributed by atoms with E-state index in [2.05, 4.69) is 54.9 Å². The molecule has 0 saturated carbocycles. The molecule has 0 aromatic carbocycles. The first-order valence-electron chi connectivity index (χ1n) is 7.81. The van der Waals surface area contributed by atoms with Crippen molar-refractivity contribution >= 4 is 16.3 Å². The molecule has 3 aromatic heterocycles. The fraction of sp³-hybridized carbons (Fsp3) is 0.533. The minimum atomic E-state index is 0.447. The number of rotatable bonds is 4. The molecule has 1 atom stereocenters. The average molecular weight is 316 g/mol. The Morgan fingerprint density at radius 1 is 1.41 bits per heavy atom. The van der Waals surface area contributed by atoms with E-state index in [4.69, 9.17) is 0 Å². The third-order valence-corrected chi connectivity index (χ3v) is 5.09. The summed E-state index contributed by atoms with van der Waals surface area (Å²) >= 11 is 1.68. The summed E-state index contributed by atoms with van der Waals surface area (Å²) in [5.74, 6) is 2.10. The highest BCUT2D eigenvalue weighted by Crippen LogP contribution is 2.18. The van der Waals surface area contributed by atoms with Crippen LogP contribution in [0.4, 0.5) is 0 Å². The second kappa shape index (κ2) is 5.48. The van der Waals surface area contributed by atoms with Gasteiger partial charge in [0.2, 0.25) is 0 Å². The Morgan fingerprint density at radius 2 is 2.32 bits per heavy atom. The summed E-state index contributed by atoms with van der Waals surface area (Å²) in [6, 6.07) is 0.447. The molecule has 0 radical (unpaired) electrons. The monoisotopic (exact) mass is 316 g/mol. The van der Waals surface area contributed by atoms with Crippen LogP contribution in [-0.2, 0) is 25.9 Å². The lowest BCUT2D eigenvalue weighted by atomic mass is 10.1. The predicted octanol–water partition coefficient (Wildman–Crippen LogP) is 1.96. The molecular formula is C15H20N6S. The lowest BCUT2D eigenvalue weighted by molar-refractivity contribution is 0.356. The molecule has 1 N–H and O–H groups in total. The van der Waals surface area contributed by atoms with Gasteiger partial charge in [0.1, 0.15) is 5.82 Å². The largest absolute Gasteiger partial charge is 0.307 e. The van der Waals surface area contributed by atoms with Crippen LogP contribution in [0.2, 0.25) is 0 Å². The van der Waals surface area contributed by atoms with E-state index < -0.39 is 0 Å². The summed E-state index contributed by atoms with van der Waals surface area (Å²) in [4.78, 5) is 10.2. The number of hydrogen-bond donors (Lipinski definition) is 1. The summed E-state index contributed by atoms with van der Waals surface area (Å²) in [7, 11) is 0. The van der Waals surface area contributed by atoms with Gasteiger partial charge in [-0.05, 0) is 13.3 Å². The van der Waals surface area contributed by atoms with E-state index in [9.17, 15) is 0 Å². The molecule has 6 nitrogen and oxygen atoms in total. The van der Waals surface area contributed by atoms with Gasteiger partial charge in [-0.2, -0.15) is 5.10 Å². The maximum atomic E-state index is 4.60. The highest BCUT2D eigenvalue weighted by Gasteiger charge is 2.21. The molecule has 3 aromatic rings. The zero-order valence-electron chi connectivity index (χ0n) is 12.9. The standard InChI is InChI=1S/C15H20N6S/c1-3-13-18-14-5-4-11(9-21(14)19-13)16-8-12-10(2)17-15-20(12)6-7-22-15/h6-7,11,16H,3-5,8-9H2,1-2H3/t11-/m1/s1. The highest BCUT2D eigenvalue weighted by molar-refractivity contribution is 7.15. The van der Waals surface area contributed by atoms with E-state index >= 15 is 0 Å². The van der Waals surface area contributed by atoms with Crippen LogP contribution < -0.4 is 5.32 Å². The van der Waals surface area contributed by atoms with Gasteiger partial charge >= 0.3 is 0 Å². The predicted molar refractivity (Wildman–Crippen MR) is 86.2 cm³/mol. The third-order valence-electron chi connectivity index (χ3n) is 4.34. The number of thiazole rings is 1. The van der Waals surface area contributed by atoms with Gasteiger partial charge in [-0.25, -0.2) is 14.6 Å². The normalized spacial score (nSPS) is 18.0. The van der Waals surface area contributed by atoms with Gasteiger partial charge in [0.05, 0.1) is 17.9 Å². The molecule has 0 aliphatic carbocycles. The first-order valence-corrected chi connectivity index (χ1v) is 8.69. The molecule has 4 rings (SSSR count). The maximum absolute atomic E-state index is 4.60. The van der Waals surface area contributed by atoms with Crippen LogP contribution in [-0.4, -0.2) is 30.2 Å². The van der Waals surface area contributed by atoms with Crippen LogP contribution in [0.1, 0.15) is 36.4 Å². The van der Waals surface area contributed by atoms with Crippen molar-refractivity contribution in [2.45, 2.75) is 52.2 Å². The smallest absolute Gasteiger partial charge is 0.194 e. The van der Waals surface area contributed by atoms with E-state index in [1.165, 1.54) is 5.69 Å². The fourth-order valence-electron chi connectivity index (χ4n) is 3.07. The molecule has 0 saturated heterocycles. The number of nitrogens with one attached hydrogen (secondary N) is 1. The topological polar surface area (TPSA) is 60.0 Å². The Balaban J connectivity index is 1.46. The molecule has 0 bridgehead atoms. The van der Waals surface area contributed by atoms with Crippen molar-refractivity contribution in [3.8, 4) is 0 Å². The quantitative estimate of drug-likeness (QED) is 0.799. The van der Waals surface area contributed by atoms with Crippen molar-refractivity contribution in [2.75, 3.05) is 0 Å². The zero-order chi connectivity index (χ0) is 15.1. The molecule has 1 aliphatic heterocycles. The Labute approximate surface area is 133 Å². The van der Waals surface area contributed by atoms with E-state index in [-0.39, 0.29) is 0 Å². The maximum Gasteiger partial charge on any atom is 0.194 e. The molecule has 22 heavy (non-hydrogen) atoms. The van der Waals surface area contributed by atoms with Crippen molar-refractivity contribution < 1.29 is 0 Å². The number of nitrogens with zero attached hydrogens (tertiary/aromatic N) is 5. The second-order valence-electron chi connectivity index (χ2n) is 5.80. The van der Waals surface area contributed by atoms with Crippen molar-refractivity contribution in [2.24, 2.45) is 0 Å². The lowest BCUT2D eigenvalue weighted by Gasteiger charge is -2.23. The molecule has 1 aliphatic rings. The van der Waals surface area contributed by atoms with Crippen LogP contribution in [0.5, 0.6) is 0 Å². The van der Waals surface area contributed by atoms with Gasteiger partial charge in [0, 0.05) is 37.0 Å². The second-order valence-corrected chi connectivity index (χ2v) is 6.67. The van der Waals surface area contributed by atoms with Crippen LogP contribution in [0.15, 0.2) is 11.6 Å². The van der Waals surface area contributed by atoms with Crippen molar-refractivity contribution in [1.82, 2.24) is 29.5 Å². The van der Waals surface area contributed by atoms with Crippen LogP contribution >= 0.6 is 11.3 Å². The fourth-order valence-corrected chi connectivity index (χ4v) is 3.85. The SMILES string of the molecule is CCc1nc2n(n1)C[C@H](NCc1c(C)nc3sccn13)CC2. The van der Waals surface area contributed by atoms with E-state index in [1.807, 2.05) is 0 Å². The Morgan fingerprint density at radius 3 is 3.18 bits per heavy atom. The minimum Gasteiger partial charge on any atom is -0.307 e. The average Bonchev–Trinajstić information content (AvgIpc) is 3.18. The molecule has 0 unspecified atom stereocenters. The van der Waals surface area contributed by atoms with Gasteiger partial charge in [0.15, 0.2) is 10.8 Å². The van der Waals surface area contributed by atoms with Crippen LogP contribution in [0.25, 0.3) is 4.96 Å². The molecule has 0 spiro atoms. The zero-order valence-corrected chi connectivity index (χ0v) is 13.7.